The highest BCUT2D eigenvalue weighted by molar-refractivity contribution is 5.33. The summed E-state index contributed by atoms with van der Waals surface area (Å²) in [6, 6.07) is 0.0878. The number of carbonyl (C=O) groups excluding carboxylic acids is 1. The van der Waals surface area contributed by atoms with Crippen LogP contribution in [0.4, 0.5) is 0 Å². The van der Waals surface area contributed by atoms with E-state index in [9.17, 15) is 4.79 Å². The number of nitriles is 1. The van der Waals surface area contributed by atoms with E-state index in [1.807, 2.05) is 0 Å². The predicted octanol–water partition coefficient (Wildman–Crippen LogP) is 1.52. The standard InChI is InChI=1S/C9H12N2O2/c10-6-13-9-3-1-2-8(4-5-9)11-7-12/h8-9H,1-5H2. The zero-order chi connectivity index (χ0) is 9.52. The summed E-state index contributed by atoms with van der Waals surface area (Å²) in [5.41, 5.74) is 0. The lowest BCUT2D eigenvalue weighted by molar-refractivity contribution is 0.144. The second-order valence-corrected chi connectivity index (χ2v) is 3.21. The molecule has 0 bridgehead atoms. The lowest BCUT2D eigenvalue weighted by atomic mass is 10.1. The molecule has 1 fully saturated rings. The van der Waals surface area contributed by atoms with Crippen molar-refractivity contribution in [2.45, 2.75) is 44.2 Å². The molecule has 1 aliphatic rings. The Morgan fingerprint density at radius 2 is 2.15 bits per heavy atom. The maximum atomic E-state index is 10.0. The monoisotopic (exact) mass is 180 g/mol. The molecular formula is C9H12N2O2. The van der Waals surface area contributed by atoms with Gasteiger partial charge in [0.25, 0.3) is 6.26 Å². The first kappa shape index (κ1) is 9.76. The molecular weight excluding hydrogens is 168 g/mol. The van der Waals surface area contributed by atoms with Gasteiger partial charge in [0.2, 0.25) is 6.08 Å². The highest BCUT2D eigenvalue weighted by Gasteiger charge is 2.18. The van der Waals surface area contributed by atoms with Crippen LogP contribution in [0.1, 0.15) is 32.1 Å². The molecule has 4 nitrogen and oxygen atoms in total. The SMILES string of the molecule is N#COC1CCCC(N=C=O)CC1. The normalized spacial score (nSPS) is 27.9. The Balaban J connectivity index is 2.39. The molecule has 0 aliphatic heterocycles. The molecule has 2 unspecified atom stereocenters. The summed E-state index contributed by atoms with van der Waals surface area (Å²) >= 11 is 0. The number of rotatable bonds is 2. The third kappa shape index (κ3) is 3.27. The van der Waals surface area contributed by atoms with Crippen molar-refractivity contribution >= 4 is 6.08 Å². The molecule has 70 valence electrons. The van der Waals surface area contributed by atoms with Gasteiger partial charge in [-0.3, -0.25) is 0 Å². The van der Waals surface area contributed by atoms with Gasteiger partial charge in [0.1, 0.15) is 6.10 Å². The fourth-order valence-corrected chi connectivity index (χ4v) is 1.64. The van der Waals surface area contributed by atoms with E-state index in [-0.39, 0.29) is 12.1 Å². The molecule has 13 heavy (non-hydrogen) atoms. The third-order valence-corrected chi connectivity index (χ3v) is 2.34. The van der Waals surface area contributed by atoms with Crippen molar-refractivity contribution in [3.05, 3.63) is 0 Å². The molecule has 0 aromatic heterocycles. The van der Waals surface area contributed by atoms with Crippen molar-refractivity contribution in [2.75, 3.05) is 0 Å². The highest BCUT2D eigenvalue weighted by Crippen LogP contribution is 2.21. The molecule has 0 amide bonds. The van der Waals surface area contributed by atoms with E-state index in [1.54, 1.807) is 12.3 Å². The first-order valence-electron chi connectivity index (χ1n) is 4.48. The van der Waals surface area contributed by atoms with Crippen LogP contribution >= 0.6 is 0 Å². The van der Waals surface area contributed by atoms with Gasteiger partial charge < -0.3 is 4.74 Å². The zero-order valence-corrected chi connectivity index (χ0v) is 7.40. The van der Waals surface area contributed by atoms with Crippen LogP contribution in [-0.2, 0) is 9.53 Å². The minimum absolute atomic E-state index is 0.0249. The number of hydrogen-bond acceptors (Lipinski definition) is 4. The molecule has 0 N–H and O–H groups in total. The van der Waals surface area contributed by atoms with Crippen LogP contribution in [0.15, 0.2) is 4.99 Å². The van der Waals surface area contributed by atoms with Gasteiger partial charge >= 0.3 is 0 Å². The number of ether oxygens (including phenoxy) is 1. The van der Waals surface area contributed by atoms with Crippen molar-refractivity contribution in [3.63, 3.8) is 0 Å². The van der Waals surface area contributed by atoms with Gasteiger partial charge in [-0.25, -0.2) is 9.79 Å². The van der Waals surface area contributed by atoms with Gasteiger partial charge in [-0.2, -0.15) is 5.26 Å². The Morgan fingerprint density at radius 3 is 2.85 bits per heavy atom. The number of isocyanates is 1. The maximum absolute atomic E-state index is 10.0. The fraction of sp³-hybridized carbons (Fsp3) is 0.778. The van der Waals surface area contributed by atoms with Gasteiger partial charge in [0.15, 0.2) is 0 Å². The molecule has 1 saturated carbocycles. The minimum atomic E-state index is 0.0249. The van der Waals surface area contributed by atoms with Gasteiger partial charge in [-0.1, -0.05) is 0 Å². The summed E-state index contributed by atoms with van der Waals surface area (Å²) in [4.78, 5) is 13.7. The molecule has 0 radical (unpaired) electrons. The molecule has 1 aliphatic carbocycles. The summed E-state index contributed by atoms with van der Waals surface area (Å²) in [7, 11) is 0. The quantitative estimate of drug-likeness (QED) is 0.280. The van der Waals surface area contributed by atoms with E-state index in [4.69, 9.17) is 10.00 Å². The minimum Gasteiger partial charge on any atom is -0.424 e. The predicted molar refractivity (Wildman–Crippen MR) is 45.5 cm³/mol. The van der Waals surface area contributed by atoms with Crippen LogP contribution in [0.2, 0.25) is 0 Å². The molecule has 1 rings (SSSR count). The van der Waals surface area contributed by atoms with Gasteiger partial charge in [-0.15, -0.1) is 0 Å². The largest absolute Gasteiger partial charge is 0.424 e. The molecule has 0 saturated heterocycles. The average Bonchev–Trinajstić information content (AvgIpc) is 2.33. The number of nitrogens with zero attached hydrogens (tertiary/aromatic N) is 2. The summed E-state index contributed by atoms with van der Waals surface area (Å²) in [5.74, 6) is 0. The lowest BCUT2D eigenvalue weighted by Crippen LogP contribution is -2.08. The van der Waals surface area contributed by atoms with Crippen LogP contribution in [0, 0.1) is 11.5 Å². The second kappa shape index (κ2) is 5.34. The first-order chi connectivity index (χ1) is 6.36. The van der Waals surface area contributed by atoms with Gasteiger partial charge in [0.05, 0.1) is 6.04 Å². The van der Waals surface area contributed by atoms with Crippen LogP contribution in [0.3, 0.4) is 0 Å². The summed E-state index contributed by atoms with van der Waals surface area (Å²) in [6.45, 7) is 0. The molecule has 0 spiro atoms. The third-order valence-electron chi connectivity index (χ3n) is 2.34. The Morgan fingerprint density at radius 1 is 1.31 bits per heavy atom. The van der Waals surface area contributed by atoms with E-state index in [0.717, 1.165) is 32.1 Å². The molecule has 0 heterocycles. The Hall–Kier alpha value is -1.33. The Kier molecular flexibility index (Phi) is 4.01. The van der Waals surface area contributed by atoms with E-state index in [1.165, 1.54) is 0 Å². The fourth-order valence-electron chi connectivity index (χ4n) is 1.64. The summed E-state index contributed by atoms with van der Waals surface area (Å²) in [6.07, 6.45) is 7.69. The lowest BCUT2D eigenvalue weighted by Gasteiger charge is -2.08. The van der Waals surface area contributed by atoms with Crippen molar-refractivity contribution in [1.29, 1.82) is 5.26 Å². The number of hydrogen-bond donors (Lipinski definition) is 0. The molecule has 0 aromatic rings. The van der Waals surface area contributed by atoms with Crippen LogP contribution < -0.4 is 0 Å². The Labute approximate surface area is 77.2 Å². The van der Waals surface area contributed by atoms with Crippen molar-refractivity contribution in [2.24, 2.45) is 4.99 Å². The highest BCUT2D eigenvalue weighted by atomic mass is 16.5. The van der Waals surface area contributed by atoms with Crippen LogP contribution in [-0.4, -0.2) is 18.2 Å². The van der Waals surface area contributed by atoms with Crippen molar-refractivity contribution in [3.8, 4) is 6.26 Å². The summed E-state index contributed by atoms with van der Waals surface area (Å²) in [5, 5.41) is 8.32. The molecule has 0 aromatic carbocycles. The first-order valence-corrected chi connectivity index (χ1v) is 4.48. The van der Waals surface area contributed by atoms with Crippen molar-refractivity contribution in [1.82, 2.24) is 0 Å². The maximum Gasteiger partial charge on any atom is 0.286 e. The van der Waals surface area contributed by atoms with Crippen molar-refractivity contribution < 1.29 is 9.53 Å². The second-order valence-electron chi connectivity index (χ2n) is 3.21. The topological polar surface area (TPSA) is 62.4 Å². The average molecular weight is 180 g/mol. The zero-order valence-electron chi connectivity index (χ0n) is 7.40. The van der Waals surface area contributed by atoms with Gasteiger partial charge in [0, 0.05) is 0 Å². The molecule has 2 atom stereocenters. The van der Waals surface area contributed by atoms with Crippen LogP contribution in [0.5, 0.6) is 0 Å². The summed E-state index contributed by atoms with van der Waals surface area (Å²) < 4.78 is 4.85. The van der Waals surface area contributed by atoms with E-state index < -0.39 is 0 Å². The Bertz CT molecular complexity index is 240. The van der Waals surface area contributed by atoms with E-state index in [2.05, 4.69) is 4.99 Å². The smallest absolute Gasteiger partial charge is 0.286 e. The number of aliphatic imine (C=N–C) groups is 1. The van der Waals surface area contributed by atoms with Gasteiger partial charge in [-0.05, 0) is 32.1 Å². The van der Waals surface area contributed by atoms with E-state index >= 15 is 0 Å². The van der Waals surface area contributed by atoms with Crippen LogP contribution in [0.25, 0.3) is 0 Å². The molecule has 4 heteroatoms. The van der Waals surface area contributed by atoms with E-state index in [0.29, 0.717) is 0 Å².